The van der Waals surface area contributed by atoms with Crippen molar-refractivity contribution in [2.24, 2.45) is 0 Å². The van der Waals surface area contributed by atoms with Gasteiger partial charge in [0.25, 0.3) is 0 Å². The van der Waals surface area contributed by atoms with E-state index in [1.807, 2.05) is 31.2 Å². The van der Waals surface area contributed by atoms with E-state index in [2.05, 4.69) is 38.1 Å². The summed E-state index contributed by atoms with van der Waals surface area (Å²) >= 11 is 1.46. The highest BCUT2D eigenvalue weighted by atomic mass is 32.2. The fourth-order valence-corrected chi connectivity index (χ4v) is 5.05. The van der Waals surface area contributed by atoms with Crippen LogP contribution in [-0.4, -0.2) is 31.4 Å². The lowest BCUT2D eigenvalue weighted by Crippen LogP contribution is -2.18. The SMILES string of the molecule is CCc1cccc(C)c1NC(=O)CSc1nnc(-c2ccncc2)n1C1CCCCC1. The van der Waals surface area contributed by atoms with E-state index in [4.69, 9.17) is 0 Å². The van der Waals surface area contributed by atoms with E-state index in [-0.39, 0.29) is 5.91 Å². The molecule has 1 N–H and O–H groups in total. The number of amides is 1. The third-order valence-electron chi connectivity index (χ3n) is 5.88. The van der Waals surface area contributed by atoms with Crippen molar-refractivity contribution >= 4 is 23.4 Å². The topological polar surface area (TPSA) is 72.7 Å². The molecule has 1 saturated carbocycles. The predicted molar refractivity (Wildman–Crippen MR) is 125 cm³/mol. The standard InChI is InChI=1S/C24H29N5OS/c1-3-18-9-7-8-17(2)22(18)26-21(30)16-31-24-28-27-23(19-12-14-25-15-13-19)29(24)20-10-5-4-6-11-20/h7-9,12-15,20H,3-6,10-11,16H2,1-2H3,(H,26,30). The van der Waals surface area contributed by atoms with Crippen LogP contribution in [0.15, 0.2) is 47.9 Å². The highest BCUT2D eigenvalue weighted by molar-refractivity contribution is 7.99. The van der Waals surface area contributed by atoms with E-state index < -0.39 is 0 Å². The Morgan fingerprint density at radius 3 is 2.65 bits per heavy atom. The first kappa shape index (κ1) is 21.6. The van der Waals surface area contributed by atoms with E-state index in [0.717, 1.165) is 52.6 Å². The fourth-order valence-electron chi connectivity index (χ4n) is 4.25. The van der Waals surface area contributed by atoms with Crippen LogP contribution < -0.4 is 5.32 Å². The summed E-state index contributed by atoms with van der Waals surface area (Å²) in [6.07, 6.45) is 10.4. The number of anilines is 1. The number of hydrogen-bond acceptors (Lipinski definition) is 5. The van der Waals surface area contributed by atoms with Crippen LogP contribution in [0, 0.1) is 6.92 Å². The van der Waals surface area contributed by atoms with Gasteiger partial charge in [0.15, 0.2) is 11.0 Å². The van der Waals surface area contributed by atoms with Crippen molar-refractivity contribution in [3.05, 3.63) is 53.9 Å². The van der Waals surface area contributed by atoms with Crippen LogP contribution >= 0.6 is 11.8 Å². The molecule has 6 nitrogen and oxygen atoms in total. The number of pyridine rings is 1. The normalized spacial score (nSPS) is 14.5. The number of benzene rings is 1. The molecule has 2 aromatic heterocycles. The smallest absolute Gasteiger partial charge is 0.234 e. The summed E-state index contributed by atoms with van der Waals surface area (Å²) in [5.41, 5.74) is 4.19. The molecule has 0 aliphatic heterocycles. The van der Waals surface area contributed by atoms with Gasteiger partial charge in [0.1, 0.15) is 0 Å². The van der Waals surface area contributed by atoms with Gasteiger partial charge in [-0.15, -0.1) is 10.2 Å². The highest BCUT2D eigenvalue weighted by Crippen LogP contribution is 2.35. The summed E-state index contributed by atoms with van der Waals surface area (Å²) < 4.78 is 2.25. The zero-order chi connectivity index (χ0) is 21.6. The molecule has 0 unspecified atom stereocenters. The van der Waals surface area contributed by atoms with Gasteiger partial charge in [-0.1, -0.05) is 56.1 Å². The van der Waals surface area contributed by atoms with Crippen molar-refractivity contribution in [2.45, 2.75) is 63.6 Å². The molecule has 3 aromatic rings. The minimum Gasteiger partial charge on any atom is -0.325 e. The Labute approximate surface area is 187 Å². The molecule has 162 valence electrons. The number of rotatable bonds is 7. The number of nitrogens with one attached hydrogen (secondary N) is 1. The van der Waals surface area contributed by atoms with Gasteiger partial charge in [-0.3, -0.25) is 14.3 Å². The largest absolute Gasteiger partial charge is 0.325 e. The highest BCUT2D eigenvalue weighted by Gasteiger charge is 2.24. The maximum absolute atomic E-state index is 12.8. The number of nitrogens with zero attached hydrogens (tertiary/aromatic N) is 4. The zero-order valence-electron chi connectivity index (χ0n) is 18.2. The maximum atomic E-state index is 12.8. The summed E-state index contributed by atoms with van der Waals surface area (Å²) in [6, 6.07) is 10.4. The van der Waals surface area contributed by atoms with Crippen molar-refractivity contribution in [1.29, 1.82) is 0 Å². The molecule has 4 rings (SSSR count). The molecule has 1 aliphatic carbocycles. The summed E-state index contributed by atoms with van der Waals surface area (Å²) in [7, 11) is 0. The molecule has 31 heavy (non-hydrogen) atoms. The van der Waals surface area contributed by atoms with Crippen molar-refractivity contribution in [3.8, 4) is 11.4 Å². The monoisotopic (exact) mass is 435 g/mol. The number of aromatic nitrogens is 4. The second kappa shape index (κ2) is 10.1. The molecule has 7 heteroatoms. The van der Waals surface area contributed by atoms with Crippen molar-refractivity contribution in [2.75, 3.05) is 11.1 Å². The third-order valence-corrected chi connectivity index (χ3v) is 6.82. The number of carbonyl (C=O) groups excluding carboxylic acids is 1. The first-order valence-electron chi connectivity index (χ1n) is 11.0. The van der Waals surface area contributed by atoms with Crippen LogP contribution in [0.3, 0.4) is 0 Å². The van der Waals surface area contributed by atoms with Gasteiger partial charge < -0.3 is 5.32 Å². The zero-order valence-corrected chi connectivity index (χ0v) is 19.0. The van der Waals surface area contributed by atoms with Gasteiger partial charge in [-0.2, -0.15) is 0 Å². The van der Waals surface area contributed by atoms with Gasteiger partial charge in [0.2, 0.25) is 5.91 Å². The van der Waals surface area contributed by atoms with Gasteiger partial charge in [0, 0.05) is 29.7 Å². The van der Waals surface area contributed by atoms with E-state index >= 15 is 0 Å². The quantitative estimate of drug-likeness (QED) is 0.500. The van der Waals surface area contributed by atoms with E-state index in [1.54, 1.807) is 12.4 Å². The molecule has 0 saturated heterocycles. The second-order valence-corrected chi connectivity index (χ2v) is 8.95. The Bertz CT molecular complexity index is 1030. The Hall–Kier alpha value is -2.67. The van der Waals surface area contributed by atoms with Gasteiger partial charge in [-0.25, -0.2) is 0 Å². The molecule has 1 fully saturated rings. The predicted octanol–water partition coefficient (Wildman–Crippen LogP) is 5.45. The molecule has 1 aromatic carbocycles. The average Bonchev–Trinajstić information content (AvgIpc) is 3.24. The van der Waals surface area contributed by atoms with Gasteiger partial charge in [-0.05, 0) is 49.4 Å². The molecule has 0 bridgehead atoms. The summed E-state index contributed by atoms with van der Waals surface area (Å²) in [4.78, 5) is 16.9. The lowest BCUT2D eigenvalue weighted by atomic mass is 9.95. The van der Waals surface area contributed by atoms with E-state index in [9.17, 15) is 4.79 Å². The number of thioether (sulfide) groups is 1. The van der Waals surface area contributed by atoms with Crippen LogP contribution in [0.25, 0.3) is 11.4 Å². The van der Waals surface area contributed by atoms with Crippen molar-refractivity contribution in [3.63, 3.8) is 0 Å². The third kappa shape index (κ3) is 4.98. The first-order chi connectivity index (χ1) is 15.2. The van der Waals surface area contributed by atoms with Crippen LogP contribution in [-0.2, 0) is 11.2 Å². The Balaban J connectivity index is 1.53. The first-order valence-corrected chi connectivity index (χ1v) is 12.0. The van der Waals surface area contributed by atoms with E-state index in [0.29, 0.717) is 11.8 Å². The van der Waals surface area contributed by atoms with E-state index in [1.165, 1.54) is 31.0 Å². The Morgan fingerprint density at radius 2 is 1.90 bits per heavy atom. The summed E-state index contributed by atoms with van der Waals surface area (Å²) in [5, 5.41) is 12.9. The summed E-state index contributed by atoms with van der Waals surface area (Å²) in [6.45, 7) is 4.13. The van der Waals surface area contributed by atoms with Crippen molar-refractivity contribution < 1.29 is 4.79 Å². The summed E-state index contributed by atoms with van der Waals surface area (Å²) in [5.74, 6) is 1.15. The van der Waals surface area contributed by atoms with Gasteiger partial charge >= 0.3 is 0 Å². The van der Waals surface area contributed by atoms with Crippen molar-refractivity contribution in [1.82, 2.24) is 19.7 Å². The number of carbonyl (C=O) groups is 1. The van der Waals surface area contributed by atoms with Gasteiger partial charge in [0.05, 0.1) is 5.75 Å². The molecule has 1 aliphatic rings. The van der Waals surface area contributed by atoms with Crippen LogP contribution in [0.4, 0.5) is 5.69 Å². The average molecular weight is 436 g/mol. The number of para-hydroxylation sites is 1. The minimum absolute atomic E-state index is 0.0161. The second-order valence-electron chi connectivity index (χ2n) is 8.00. The van der Waals surface area contributed by atoms with Crippen LogP contribution in [0.1, 0.15) is 56.2 Å². The number of hydrogen-bond donors (Lipinski definition) is 1. The van der Waals surface area contributed by atoms with Crippen LogP contribution in [0.5, 0.6) is 0 Å². The van der Waals surface area contributed by atoms with Crippen LogP contribution in [0.2, 0.25) is 0 Å². The molecule has 1 amide bonds. The maximum Gasteiger partial charge on any atom is 0.234 e. The Morgan fingerprint density at radius 1 is 1.13 bits per heavy atom. The molecular formula is C24H29N5OS. The minimum atomic E-state index is -0.0161. The molecular weight excluding hydrogens is 406 g/mol. The number of aryl methyl sites for hydroxylation is 2. The molecule has 0 atom stereocenters. The molecule has 2 heterocycles. The fraction of sp³-hybridized carbons (Fsp3) is 0.417. The Kier molecular flexibility index (Phi) is 7.02. The molecule has 0 radical (unpaired) electrons. The lowest BCUT2D eigenvalue weighted by Gasteiger charge is -2.25. The molecule has 0 spiro atoms. The lowest BCUT2D eigenvalue weighted by molar-refractivity contribution is -0.113.